The fraction of sp³-hybridized carbons (Fsp3) is 0.200. The smallest absolute Gasteiger partial charge is 0.331 e. The first kappa shape index (κ1) is 18.7. The van der Waals surface area contributed by atoms with Crippen LogP contribution in [0.25, 0.3) is 6.08 Å². The fourth-order valence-electron chi connectivity index (χ4n) is 2.18. The molecule has 130 valence electrons. The number of benzene rings is 2. The summed E-state index contributed by atoms with van der Waals surface area (Å²) in [6, 6.07) is 17.1. The van der Waals surface area contributed by atoms with Gasteiger partial charge in [-0.3, -0.25) is 4.79 Å². The summed E-state index contributed by atoms with van der Waals surface area (Å²) in [4.78, 5) is 23.2. The van der Waals surface area contributed by atoms with Crippen LogP contribution in [0.15, 0.2) is 60.7 Å². The van der Waals surface area contributed by atoms with E-state index in [1.165, 1.54) is 11.6 Å². The molecule has 0 atom stereocenters. The summed E-state index contributed by atoms with van der Waals surface area (Å²) in [5, 5.41) is 3.32. The van der Waals surface area contributed by atoms with Crippen molar-refractivity contribution < 1.29 is 14.3 Å². The molecular weight excluding hydrogens is 338 g/mol. The molecule has 0 aromatic heterocycles. The molecule has 0 fully saturated rings. The summed E-state index contributed by atoms with van der Waals surface area (Å²) in [7, 11) is 0. The number of aryl methyl sites for hydroxylation is 1. The van der Waals surface area contributed by atoms with E-state index in [4.69, 9.17) is 16.3 Å². The highest BCUT2D eigenvalue weighted by Crippen LogP contribution is 2.11. The van der Waals surface area contributed by atoms with Crippen LogP contribution in [-0.4, -0.2) is 25.0 Å². The van der Waals surface area contributed by atoms with Crippen molar-refractivity contribution in [1.82, 2.24) is 5.32 Å². The van der Waals surface area contributed by atoms with Crippen LogP contribution in [0.3, 0.4) is 0 Å². The van der Waals surface area contributed by atoms with Gasteiger partial charge in [-0.25, -0.2) is 4.79 Å². The summed E-state index contributed by atoms with van der Waals surface area (Å²) in [5.74, 6) is -0.878. The molecule has 0 aliphatic rings. The van der Waals surface area contributed by atoms with Crippen molar-refractivity contribution in [3.63, 3.8) is 0 Å². The maximum atomic E-state index is 11.6. The summed E-state index contributed by atoms with van der Waals surface area (Å²) >= 11 is 5.86. The molecule has 2 aromatic rings. The van der Waals surface area contributed by atoms with E-state index in [9.17, 15) is 9.59 Å². The summed E-state index contributed by atoms with van der Waals surface area (Å²) < 4.78 is 4.90. The zero-order valence-corrected chi connectivity index (χ0v) is 14.5. The van der Waals surface area contributed by atoms with E-state index in [2.05, 4.69) is 17.4 Å². The molecule has 4 nitrogen and oxygen atoms in total. The van der Waals surface area contributed by atoms with Gasteiger partial charge in [-0.1, -0.05) is 54.1 Å². The zero-order chi connectivity index (χ0) is 17.9. The van der Waals surface area contributed by atoms with E-state index in [0.717, 1.165) is 18.4 Å². The maximum absolute atomic E-state index is 11.6. The molecule has 0 unspecified atom stereocenters. The summed E-state index contributed by atoms with van der Waals surface area (Å²) in [6.07, 6.45) is 4.59. The second-order valence-electron chi connectivity index (χ2n) is 5.44. The van der Waals surface area contributed by atoms with E-state index in [0.29, 0.717) is 11.6 Å². The molecule has 0 bridgehead atoms. The first-order valence-electron chi connectivity index (χ1n) is 8.04. The number of carbonyl (C=O) groups is 2. The van der Waals surface area contributed by atoms with Gasteiger partial charge in [-0.05, 0) is 42.2 Å². The van der Waals surface area contributed by atoms with Gasteiger partial charge >= 0.3 is 5.97 Å². The average Bonchev–Trinajstić information content (AvgIpc) is 2.63. The monoisotopic (exact) mass is 357 g/mol. The van der Waals surface area contributed by atoms with Crippen molar-refractivity contribution in [2.24, 2.45) is 0 Å². The van der Waals surface area contributed by atoms with Gasteiger partial charge in [0.15, 0.2) is 6.61 Å². The molecule has 0 aliphatic carbocycles. The van der Waals surface area contributed by atoms with Crippen molar-refractivity contribution in [3.05, 3.63) is 76.8 Å². The SMILES string of the molecule is O=C(COC(=O)C=Cc1cccc(Cl)c1)NCCCc1ccccc1. The molecule has 0 aliphatic heterocycles. The minimum atomic E-state index is -0.570. The van der Waals surface area contributed by atoms with Gasteiger partial charge in [0.25, 0.3) is 5.91 Å². The Bertz CT molecular complexity index is 729. The standard InChI is InChI=1S/C20H20ClNO3/c21-18-10-4-8-17(14-18)11-12-20(24)25-15-19(23)22-13-5-9-16-6-2-1-3-7-16/h1-4,6-8,10-12,14H,5,9,13,15H2,(H,22,23). The van der Waals surface area contributed by atoms with Crippen LogP contribution < -0.4 is 5.32 Å². The van der Waals surface area contributed by atoms with Crippen LogP contribution in [0, 0.1) is 0 Å². The van der Waals surface area contributed by atoms with Crippen LogP contribution in [0.2, 0.25) is 5.02 Å². The Labute approximate surface area is 152 Å². The third kappa shape index (κ3) is 7.68. The molecule has 0 heterocycles. The van der Waals surface area contributed by atoms with Crippen molar-refractivity contribution in [2.75, 3.05) is 13.2 Å². The number of hydrogen-bond donors (Lipinski definition) is 1. The molecular formula is C20H20ClNO3. The Morgan fingerprint density at radius 1 is 1.08 bits per heavy atom. The van der Waals surface area contributed by atoms with E-state index < -0.39 is 5.97 Å². The summed E-state index contributed by atoms with van der Waals surface area (Å²) in [6.45, 7) is 0.258. The van der Waals surface area contributed by atoms with Crippen molar-refractivity contribution in [2.45, 2.75) is 12.8 Å². The van der Waals surface area contributed by atoms with Crippen LogP contribution in [-0.2, 0) is 20.7 Å². The number of carbonyl (C=O) groups excluding carboxylic acids is 2. The van der Waals surface area contributed by atoms with Crippen molar-refractivity contribution in [1.29, 1.82) is 0 Å². The Balaban J connectivity index is 1.61. The Morgan fingerprint density at radius 2 is 1.88 bits per heavy atom. The van der Waals surface area contributed by atoms with Crippen LogP contribution in [0.1, 0.15) is 17.5 Å². The molecule has 0 saturated heterocycles. The van der Waals surface area contributed by atoms with Crippen LogP contribution >= 0.6 is 11.6 Å². The van der Waals surface area contributed by atoms with Crippen molar-refractivity contribution in [3.8, 4) is 0 Å². The van der Waals surface area contributed by atoms with Crippen LogP contribution in [0.5, 0.6) is 0 Å². The molecule has 0 radical (unpaired) electrons. The molecule has 2 rings (SSSR count). The topological polar surface area (TPSA) is 55.4 Å². The minimum Gasteiger partial charge on any atom is -0.452 e. The van der Waals surface area contributed by atoms with E-state index in [-0.39, 0.29) is 12.5 Å². The number of rotatable bonds is 8. The number of hydrogen-bond acceptors (Lipinski definition) is 3. The first-order valence-corrected chi connectivity index (χ1v) is 8.42. The lowest BCUT2D eigenvalue weighted by atomic mass is 10.1. The number of halogens is 1. The van der Waals surface area contributed by atoms with Crippen LogP contribution in [0.4, 0.5) is 0 Å². The maximum Gasteiger partial charge on any atom is 0.331 e. The molecule has 1 N–H and O–H groups in total. The number of esters is 1. The van der Waals surface area contributed by atoms with Gasteiger partial charge in [-0.15, -0.1) is 0 Å². The number of nitrogens with one attached hydrogen (secondary N) is 1. The molecule has 1 amide bonds. The average molecular weight is 358 g/mol. The second-order valence-corrected chi connectivity index (χ2v) is 5.87. The molecule has 25 heavy (non-hydrogen) atoms. The van der Waals surface area contributed by atoms with Gasteiger partial charge in [0.1, 0.15) is 0 Å². The van der Waals surface area contributed by atoms with E-state index >= 15 is 0 Å². The molecule has 0 saturated carbocycles. The van der Waals surface area contributed by atoms with E-state index in [1.807, 2.05) is 24.3 Å². The molecule has 5 heteroatoms. The van der Waals surface area contributed by atoms with Gasteiger partial charge in [0, 0.05) is 17.6 Å². The second kappa shape index (κ2) is 10.3. The lowest BCUT2D eigenvalue weighted by Crippen LogP contribution is -2.29. The highest BCUT2D eigenvalue weighted by molar-refractivity contribution is 6.30. The van der Waals surface area contributed by atoms with Gasteiger partial charge in [-0.2, -0.15) is 0 Å². The normalized spacial score (nSPS) is 10.6. The van der Waals surface area contributed by atoms with Gasteiger partial charge in [0.05, 0.1) is 0 Å². The predicted molar refractivity (Wildman–Crippen MR) is 99.2 cm³/mol. The number of ether oxygens (including phenoxy) is 1. The predicted octanol–water partition coefficient (Wildman–Crippen LogP) is 3.65. The lowest BCUT2D eigenvalue weighted by Gasteiger charge is -2.05. The Kier molecular flexibility index (Phi) is 7.73. The van der Waals surface area contributed by atoms with Gasteiger partial charge in [0.2, 0.25) is 0 Å². The highest BCUT2D eigenvalue weighted by Gasteiger charge is 2.04. The Hall–Kier alpha value is -2.59. The molecule has 0 spiro atoms. The van der Waals surface area contributed by atoms with E-state index in [1.54, 1.807) is 24.3 Å². The lowest BCUT2D eigenvalue weighted by molar-refractivity contribution is -0.143. The van der Waals surface area contributed by atoms with Crippen molar-refractivity contribution >= 4 is 29.6 Å². The third-order valence-corrected chi connectivity index (χ3v) is 3.65. The van der Waals surface area contributed by atoms with Gasteiger partial charge < -0.3 is 10.1 Å². The fourth-order valence-corrected chi connectivity index (χ4v) is 2.37. The summed E-state index contributed by atoms with van der Waals surface area (Å²) in [5.41, 5.74) is 2.02. The number of amides is 1. The third-order valence-electron chi connectivity index (χ3n) is 3.41. The zero-order valence-electron chi connectivity index (χ0n) is 13.8. The minimum absolute atomic E-state index is 0.288. The first-order chi connectivity index (χ1) is 12.1. The largest absolute Gasteiger partial charge is 0.452 e. The molecule has 2 aromatic carbocycles. The Morgan fingerprint density at radius 3 is 2.64 bits per heavy atom. The quantitative estimate of drug-likeness (QED) is 0.446. The highest BCUT2D eigenvalue weighted by atomic mass is 35.5.